The van der Waals surface area contributed by atoms with Crippen LogP contribution in [0.25, 0.3) is 0 Å². The van der Waals surface area contributed by atoms with Gasteiger partial charge in [-0.1, -0.05) is 23.7 Å². The van der Waals surface area contributed by atoms with Crippen molar-refractivity contribution in [1.29, 1.82) is 5.26 Å². The van der Waals surface area contributed by atoms with Crippen molar-refractivity contribution < 1.29 is 4.74 Å². The van der Waals surface area contributed by atoms with Gasteiger partial charge >= 0.3 is 0 Å². The number of nitriles is 1. The number of anilines is 1. The van der Waals surface area contributed by atoms with E-state index in [1.807, 2.05) is 42.5 Å². The van der Waals surface area contributed by atoms with Crippen LogP contribution in [0.15, 0.2) is 42.5 Å². The summed E-state index contributed by atoms with van der Waals surface area (Å²) in [7, 11) is 1.63. The minimum absolute atomic E-state index is 0.702. The lowest BCUT2D eigenvalue weighted by Gasteiger charge is -2.25. The van der Waals surface area contributed by atoms with E-state index < -0.39 is 5.54 Å². The largest absolute Gasteiger partial charge is 0.497 e. The van der Waals surface area contributed by atoms with Crippen LogP contribution in [-0.2, 0) is 12.0 Å². The summed E-state index contributed by atoms with van der Waals surface area (Å²) >= 11 is 6.04. The highest BCUT2D eigenvalue weighted by Gasteiger charge is 2.39. The number of rotatable bonds is 3. The van der Waals surface area contributed by atoms with Crippen LogP contribution in [-0.4, -0.2) is 7.11 Å². The summed E-state index contributed by atoms with van der Waals surface area (Å²) in [5.74, 6) is 0.766. The second-order valence-electron chi connectivity index (χ2n) is 5.18. The fraction of sp³-hybridized carbons (Fsp3) is 0.235. The summed E-state index contributed by atoms with van der Waals surface area (Å²) in [5.41, 5.74) is 2.32. The standard InChI is InChI=1S/C17H15ClN2O/c1-21-15-4-2-3-14(10-15)20-17(11-19)8-7-12-9-13(18)5-6-16(12)17/h2-6,9-10,20H,7-8H2,1H3. The van der Waals surface area contributed by atoms with Crippen molar-refractivity contribution >= 4 is 17.3 Å². The lowest BCUT2D eigenvalue weighted by molar-refractivity contribution is 0.415. The number of hydrogen-bond acceptors (Lipinski definition) is 3. The fourth-order valence-corrected chi connectivity index (χ4v) is 3.06. The second kappa shape index (κ2) is 5.31. The molecule has 1 atom stereocenters. The van der Waals surface area contributed by atoms with E-state index in [0.717, 1.165) is 35.4 Å². The first-order valence-electron chi connectivity index (χ1n) is 6.79. The van der Waals surface area contributed by atoms with Gasteiger partial charge < -0.3 is 10.1 Å². The van der Waals surface area contributed by atoms with E-state index in [-0.39, 0.29) is 0 Å². The van der Waals surface area contributed by atoms with Crippen molar-refractivity contribution in [3.05, 3.63) is 58.6 Å². The molecule has 0 saturated carbocycles. The molecule has 1 N–H and O–H groups in total. The van der Waals surface area contributed by atoms with E-state index in [4.69, 9.17) is 16.3 Å². The molecule has 21 heavy (non-hydrogen) atoms. The van der Waals surface area contributed by atoms with Gasteiger partial charge in [0.15, 0.2) is 5.54 Å². The zero-order valence-electron chi connectivity index (χ0n) is 11.7. The molecule has 106 valence electrons. The first kappa shape index (κ1) is 13.8. The molecule has 0 spiro atoms. The van der Waals surface area contributed by atoms with Crippen molar-refractivity contribution in [1.82, 2.24) is 0 Å². The Balaban J connectivity index is 1.98. The molecule has 0 radical (unpaired) electrons. The zero-order valence-corrected chi connectivity index (χ0v) is 12.4. The van der Waals surface area contributed by atoms with E-state index in [1.54, 1.807) is 7.11 Å². The van der Waals surface area contributed by atoms with E-state index >= 15 is 0 Å². The number of benzene rings is 2. The molecular weight excluding hydrogens is 284 g/mol. The van der Waals surface area contributed by atoms with Crippen molar-refractivity contribution in [2.24, 2.45) is 0 Å². The predicted octanol–water partition coefficient (Wildman–Crippen LogP) is 4.13. The molecule has 2 aromatic carbocycles. The Bertz CT molecular complexity index is 723. The molecule has 3 rings (SSSR count). The molecule has 0 saturated heterocycles. The molecule has 1 aliphatic carbocycles. The van der Waals surface area contributed by atoms with Crippen LogP contribution in [0.3, 0.4) is 0 Å². The summed E-state index contributed by atoms with van der Waals surface area (Å²) in [5, 5.41) is 13.8. The van der Waals surface area contributed by atoms with Crippen LogP contribution in [0.5, 0.6) is 5.75 Å². The minimum atomic E-state index is -0.702. The van der Waals surface area contributed by atoms with Crippen LogP contribution in [0, 0.1) is 11.3 Å². The number of nitrogens with one attached hydrogen (secondary N) is 1. The molecule has 0 aliphatic heterocycles. The number of methoxy groups -OCH3 is 1. The lowest BCUT2D eigenvalue weighted by atomic mass is 9.93. The normalized spacial score (nSPS) is 19.7. The Kier molecular flexibility index (Phi) is 3.48. The number of hydrogen-bond donors (Lipinski definition) is 1. The van der Waals surface area contributed by atoms with Crippen LogP contribution >= 0.6 is 11.6 Å². The van der Waals surface area contributed by atoms with Gasteiger partial charge in [0.2, 0.25) is 0 Å². The average Bonchev–Trinajstić information content (AvgIpc) is 2.86. The van der Waals surface area contributed by atoms with Gasteiger partial charge in [0.1, 0.15) is 5.75 Å². The molecule has 1 unspecified atom stereocenters. The fourth-order valence-electron chi connectivity index (χ4n) is 2.86. The van der Waals surface area contributed by atoms with Gasteiger partial charge in [-0.05, 0) is 48.2 Å². The first-order chi connectivity index (χ1) is 10.2. The van der Waals surface area contributed by atoms with Gasteiger partial charge in [-0.15, -0.1) is 0 Å². The number of halogens is 1. The third-order valence-electron chi connectivity index (χ3n) is 3.91. The summed E-state index contributed by atoms with van der Waals surface area (Å²) in [6.07, 6.45) is 1.58. The Morgan fingerprint density at radius 2 is 2.14 bits per heavy atom. The Morgan fingerprint density at radius 1 is 1.29 bits per heavy atom. The summed E-state index contributed by atoms with van der Waals surface area (Å²) in [4.78, 5) is 0. The monoisotopic (exact) mass is 298 g/mol. The third kappa shape index (κ3) is 2.43. The highest BCUT2D eigenvalue weighted by atomic mass is 35.5. The van der Waals surface area contributed by atoms with E-state index in [9.17, 15) is 5.26 Å². The smallest absolute Gasteiger partial charge is 0.151 e. The van der Waals surface area contributed by atoms with E-state index in [1.165, 1.54) is 0 Å². The van der Waals surface area contributed by atoms with Crippen LogP contribution < -0.4 is 10.1 Å². The molecule has 3 nitrogen and oxygen atoms in total. The van der Waals surface area contributed by atoms with Gasteiger partial charge in [-0.2, -0.15) is 5.26 Å². The molecule has 2 aromatic rings. The van der Waals surface area contributed by atoms with Crippen molar-refractivity contribution in [3.8, 4) is 11.8 Å². The topological polar surface area (TPSA) is 45.0 Å². The number of nitrogens with zero attached hydrogens (tertiary/aromatic N) is 1. The Labute approximate surface area is 129 Å². The minimum Gasteiger partial charge on any atom is -0.497 e. The maximum atomic E-state index is 9.74. The summed E-state index contributed by atoms with van der Waals surface area (Å²) in [6.45, 7) is 0. The molecular formula is C17H15ClN2O. The number of fused-ring (bicyclic) bond motifs is 1. The third-order valence-corrected chi connectivity index (χ3v) is 4.15. The average molecular weight is 299 g/mol. The highest BCUT2D eigenvalue weighted by molar-refractivity contribution is 6.30. The van der Waals surface area contributed by atoms with Gasteiger partial charge in [0.25, 0.3) is 0 Å². The molecule has 0 amide bonds. The maximum Gasteiger partial charge on any atom is 0.151 e. The summed E-state index contributed by atoms with van der Waals surface area (Å²) < 4.78 is 5.23. The second-order valence-corrected chi connectivity index (χ2v) is 5.61. The predicted molar refractivity (Wildman–Crippen MR) is 83.7 cm³/mol. The van der Waals surface area contributed by atoms with Crippen LogP contribution in [0.1, 0.15) is 17.5 Å². The Morgan fingerprint density at radius 3 is 2.90 bits per heavy atom. The molecule has 0 aromatic heterocycles. The van der Waals surface area contributed by atoms with Crippen molar-refractivity contribution in [3.63, 3.8) is 0 Å². The number of aryl methyl sites for hydroxylation is 1. The zero-order chi connectivity index (χ0) is 14.9. The quantitative estimate of drug-likeness (QED) is 0.927. The van der Waals surface area contributed by atoms with Gasteiger partial charge in [0, 0.05) is 16.8 Å². The SMILES string of the molecule is COc1cccc(NC2(C#N)CCc3cc(Cl)ccc32)c1. The molecule has 0 fully saturated rings. The maximum absolute atomic E-state index is 9.74. The van der Waals surface area contributed by atoms with Gasteiger partial charge in [0.05, 0.1) is 13.2 Å². The highest BCUT2D eigenvalue weighted by Crippen LogP contribution is 2.40. The van der Waals surface area contributed by atoms with Crippen LogP contribution in [0.2, 0.25) is 5.02 Å². The Hall–Kier alpha value is -2.18. The molecule has 0 heterocycles. The van der Waals surface area contributed by atoms with Crippen LogP contribution in [0.4, 0.5) is 5.69 Å². The summed E-state index contributed by atoms with van der Waals surface area (Å²) in [6, 6.07) is 15.8. The van der Waals surface area contributed by atoms with E-state index in [2.05, 4.69) is 11.4 Å². The lowest BCUT2D eigenvalue weighted by Crippen LogP contribution is -2.31. The van der Waals surface area contributed by atoms with Crippen molar-refractivity contribution in [2.75, 3.05) is 12.4 Å². The molecule has 4 heteroatoms. The van der Waals surface area contributed by atoms with E-state index in [0.29, 0.717) is 5.02 Å². The van der Waals surface area contributed by atoms with Crippen molar-refractivity contribution in [2.45, 2.75) is 18.4 Å². The van der Waals surface area contributed by atoms with Gasteiger partial charge in [-0.3, -0.25) is 0 Å². The first-order valence-corrected chi connectivity index (χ1v) is 7.17. The van der Waals surface area contributed by atoms with Gasteiger partial charge in [-0.25, -0.2) is 0 Å². The molecule has 1 aliphatic rings. The number of ether oxygens (including phenoxy) is 1. The molecule has 0 bridgehead atoms.